The number of fused-ring (bicyclic) bond motifs is 1. The number of anilines is 1. The summed E-state index contributed by atoms with van der Waals surface area (Å²) >= 11 is 0. The maximum atomic E-state index is 6.44. The second kappa shape index (κ2) is 6.84. The van der Waals surface area contributed by atoms with Gasteiger partial charge < -0.3 is 15.8 Å². The molecule has 1 aromatic heterocycles. The van der Waals surface area contributed by atoms with Crippen molar-refractivity contribution in [3.63, 3.8) is 0 Å². The molecule has 2 aromatic carbocycles. The lowest BCUT2D eigenvalue weighted by atomic mass is 9.94. The van der Waals surface area contributed by atoms with Crippen molar-refractivity contribution >= 4 is 16.9 Å². The first-order chi connectivity index (χ1) is 11.6. The smallest absolute Gasteiger partial charge is 0.145 e. The minimum absolute atomic E-state index is 0.401. The maximum Gasteiger partial charge on any atom is 0.145 e. The van der Waals surface area contributed by atoms with Crippen LogP contribution in [0.4, 0.5) is 5.82 Å². The number of ether oxygens (including phenoxy) is 1. The Kier molecular flexibility index (Phi) is 4.62. The fourth-order valence-electron chi connectivity index (χ4n) is 2.61. The van der Waals surface area contributed by atoms with E-state index in [1.807, 2.05) is 55.5 Å². The van der Waals surface area contributed by atoms with Crippen LogP contribution >= 0.6 is 0 Å². The molecule has 0 aliphatic heterocycles. The normalized spacial score (nSPS) is 13.5. The molecule has 0 spiro atoms. The largest absolute Gasteiger partial charge is 0.497 e. The van der Waals surface area contributed by atoms with Gasteiger partial charge in [0.05, 0.1) is 24.3 Å². The lowest BCUT2D eigenvalue weighted by Gasteiger charge is -2.25. The molecule has 24 heavy (non-hydrogen) atoms. The third-order valence-electron chi connectivity index (χ3n) is 3.89. The molecule has 0 unspecified atom stereocenters. The molecule has 3 N–H and O–H groups in total. The van der Waals surface area contributed by atoms with Gasteiger partial charge in [-0.2, -0.15) is 0 Å². The Morgan fingerprint density at radius 1 is 1.08 bits per heavy atom. The topological polar surface area (TPSA) is 73.1 Å². The zero-order chi connectivity index (χ0) is 17.0. The molecule has 0 saturated carbocycles. The van der Waals surface area contributed by atoms with Crippen molar-refractivity contribution in [1.82, 2.24) is 9.97 Å². The number of nitrogens with one attached hydrogen (secondary N) is 1. The van der Waals surface area contributed by atoms with E-state index < -0.39 is 5.54 Å². The van der Waals surface area contributed by atoms with Gasteiger partial charge in [-0.05, 0) is 43.2 Å². The Labute approximate surface area is 141 Å². The summed E-state index contributed by atoms with van der Waals surface area (Å²) in [7, 11) is 1.66. The molecule has 5 heteroatoms. The Bertz CT molecular complexity index is 815. The average Bonchev–Trinajstić information content (AvgIpc) is 2.60. The van der Waals surface area contributed by atoms with Crippen LogP contribution in [0.15, 0.2) is 54.7 Å². The predicted molar refractivity (Wildman–Crippen MR) is 97.3 cm³/mol. The first kappa shape index (κ1) is 16.2. The summed E-state index contributed by atoms with van der Waals surface area (Å²) in [5.74, 6) is 1.59. The molecule has 1 heterocycles. The van der Waals surface area contributed by atoms with Gasteiger partial charge in [0.2, 0.25) is 0 Å². The number of hydrogen-bond donors (Lipinski definition) is 2. The van der Waals surface area contributed by atoms with Crippen molar-refractivity contribution in [3.8, 4) is 5.75 Å². The fraction of sp³-hybridized carbons (Fsp3) is 0.263. The monoisotopic (exact) mass is 322 g/mol. The first-order valence-corrected chi connectivity index (χ1v) is 7.93. The summed E-state index contributed by atoms with van der Waals surface area (Å²) in [5, 5.41) is 3.30. The molecule has 0 fully saturated rings. The second-order valence-corrected chi connectivity index (χ2v) is 6.28. The highest BCUT2D eigenvalue weighted by Crippen LogP contribution is 2.17. The van der Waals surface area contributed by atoms with Crippen molar-refractivity contribution in [2.75, 3.05) is 19.0 Å². The lowest BCUT2D eigenvalue weighted by molar-refractivity contribution is 0.414. The highest BCUT2D eigenvalue weighted by molar-refractivity contribution is 5.75. The fourth-order valence-corrected chi connectivity index (χ4v) is 2.61. The summed E-state index contributed by atoms with van der Waals surface area (Å²) < 4.78 is 5.18. The summed E-state index contributed by atoms with van der Waals surface area (Å²) in [5.41, 5.74) is 8.97. The summed E-state index contributed by atoms with van der Waals surface area (Å²) in [6.07, 6.45) is 2.50. The van der Waals surface area contributed by atoms with E-state index in [1.165, 1.54) is 5.56 Å². The molecular weight excluding hydrogens is 300 g/mol. The number of aromatic nitrogens is 2. The van der Waals surface area contributed by atoms with Crippen LogP contribution in [0.1, 0.15) is 12.5 Å². The third-order valence-corrected chi connectivity index (χ3v) is 3.89. The molecule has 0 aliphatic rings. The number of rotatable bonds is 6. The first-order valence-electron chi connectivity index (χ1n) is 7.93. The van der Waals surface area contributed by atoms with E-state index in [4.69, 9.17) is 10.5 Å². The lowest BCUT2D eigenvalue weighted by Crippen LogP contribution is -2.45. The third kappa shape index (κ3) is 4.00. The zero-order valence-electron chi connectivity index (χ0n) is 14.0. The van der Waals surface area contributed by atoms with E-state index >= 15 is 0 Å². The number of nitrogens with two attached hydrogens (primary N) is 1. The number of benzene rings is 2. The highest BCUT2D eigenvalue weighted by atomic mass is 16.5. The van der Waals surface area contributed by atoms with Crippen molar-refractivity contribution in [1.29, 1.82) is 0 Å². The van der Waals surface area contributed by atoms with Crippen LogP contribution in [-0.4, -0.2) is 29.2 Å². The van der Waals surface area contributed by atoms with E-state index in [-0.39, 0.29) is 0 Å². The molecule has 5 nitrogen and oxygen atoms in total. The standard InChI is InChI=1S/C19H22N4O/c1-19(20,11-14-7-9-15(24-2)10-8-14)13-22-18-12-21-16-5-3-4-6-17(16)23-18/h3-10,12H,11,13,20H2,1-2H3,(H,22,23)/t19-/m0/s1. The van der Waals surface area contributed by atoms with E-state index in [0.717, 1.165) is 29.0 Å². The van der Waals surface area contributed by atoms with E-state index in [0.29, 0.717) is 6.54 Å². The molecule has 0 amide bonds. The van der Waals surface area contributed by atoms with Gasteiger partial charge >= 0.3 is 0 Å². The van der Waals surface area contributed by atoms with Gasteiger partial charge in [0.1, 0.15) is 11.6 Å². The Balaban J connectivity index is 1.64. The van der Waals surface area contributed by atoms with E-state index in [2.05, 4.69) is 15.3 Å². The highest BCUT2D eigenvalue weighted by Gasteiger charge is 2.19. The Morgan fingerprint density at radius 3 is 2.50 bits per heavy atom. The number of hydrogen-bond acceptors (Lipinski definition) is 5. The molecule has 3 rings (SSSR count). The van der Waals surface area contributed by atoms with Crippen molar-refractivity contribution in [2.24, 2.45) is 5.73 Å². The van der Waals surface area contributed by atoms with Gasteiger partial charge in [-0.1, -0.05) is 24.3 Å². The van der Waals surface area contributed by atoms with Crippen molar-refractivity contribution in [3.05, 3.63) is 60.3 Å². The van der Waals surface area contributed by atoms with Crippen LogP contribution in [0, 0.1) is 0 Å². The second-order valence-electron chi connectivity index (χ2n) is 6.28. The van der Waals surface area contributed by atoms with Crippen LogP contribution in [0.5, 0.6) is 5.75 Å². The quantitative estimate of drug-likeness (QED) is 0.730. The number of methoxy groups -OCH3 is 1. The average molecular weight is 322 g/mol. The van der Waals surface area contributed by atoms with Gasteiger partial charge in [-0.3, -0.25) is 4.98 Å². The predicted octanol–water partition coefficient (Wildman–Crippen LogP) is 3.01. The minimum atomic E-state index is -0.401. The molecule has 0 saturated heterocycles. The van der Waals surface area contributed by atoms with Crippen molar-refractivity contribution in [2.45, 2.75) is 18.9 Å². The SMILES string of the molecule is COc1ccc(C[C@](C)(N)CNc2cnc3ccccc3n2)cc1. The van der Waals surface area contributed by atoms with Crippen molar-refractivity contribution < 1.29 is 4.74 Å². The number of nitrogens with zero attached hydrogens (tertiary/aromatic N) is 2. The minimum Gasteiger partial charge on any atom is -0.497 e. The van der Waals surface area contributed by atoms with Crippen LogP contribution in [0.2, 0.25) is 0 Å². The van der Waals surface area contributed by atoms with E-state index in [1.54, 1.807) is 13.3 Å². The summed E-state index contributed by atoms with van der Waals surface area (Å²) in [4.78, 5) is 8.97. The zero-order valence-corrected chi connectivity index (χ0v) is 14.0. The maximum absolute atomic E-state index is 6.44. The summed E-state index contributed by atoms with van der Waals surface area (Å²) in [6, 6.07) is 15.8. The van der Waals surface area contributed by atoms with Crippen LogP contribution < -0.4 is 15.8 Å². The molecule has 3 aromatic rings. The van der Waals surface area contributed by atoms with E-state index in [9.17, 15) is 0 Å². The van der Waals surface area contributed by atoms with Gasteiger partial charge in [-0.15, -0.1) is 0 Å². The Hall–Kier alpha value is -2.66. The van der Waals surface area contributed by atoms with Gasteiger partial charge in [0, 0.05) is 12.1 Å². The van der Waals surface area contributed by atoms with Crippen LogP contribution in [0.25, 0.3) is 11.0 Å². The Morgan fingerprint density at radius 2 is 1.79 bits per heavy atom. The molecule has 1 atom stereocenters. The number of para-hydroxylation sites is 2. The van der Waals surface area contributed by atoms with Gasteiger partial charge in [0.25, 0.3) is 0 Å². The molecular formula is C19H22N4O. The van der Waals surface area contributed by atoms with Gasteiger partial charge in [-0.25, -0.2) is 4.98 Å². The molecule has 0 aliphatic carbocycles. The van der Waals surface area contributed by atoms with Crippen LogP contribution in [-0.2, 0) is 6.42 Å². The van der Waals surface area contributed by atoms with Gasteiger partial charge in [0.15, 0.2) is 0 Å². The van der Waals surface area contributed by atoms with Crippen LogP contribution in [0.3, 0.4) is 0 Å². The molecule has 124 valence electrons. The molecule has 0 bridgehead atoms. The summed E-state index contributed by atoms with van der Waals surface area (Å²) in [6.45, 7) is 2.63. The molecule has 0 radical (unpaired) electrons.